The molecular formula is C9H7F3NOS. The Bertz CT molecular complexity index is 449. The predicted molar refractivity (Wildman–Crippen MR) is 51.5 cm³/mol. The number of thiazole rings is 1. The molecule has 0 bridgehead atoms. The van der Waals surface area contributed by atoms with E-state index in [1.807, 2.05) is 5.92 Å². The molecule has 1 aromatic heterocycles. The number of alkyl halides is 3. The first-order chi connectivity index (χ1) is 6.91. The standard InChI is InChI=1S/C9H7F3NOS/c1-3-5-13-7(9(10,11)12)6(4-2)15-8(13)14/h1H,2,4-5H2. The highest BCUT2D eigenvalue weighted by molar-refractivity contribution is 7.09. The summed E-state index contributed by atoms with van der Waals surface area (Å²) in [5.74, 6) is 2.02. The number of rotatable bonds is 2. The third-order valence-corrected chi connectivity index (χ3v) is 2.75. The number of hydrogen-bond acceptors (Lipinski definition) is 2. The zero-order valence-electron chi connectivity index (χ0n) is 7.60. The number of terminal acetylenes is 1. The molecule has 2 nitrogen and oxygen atoms in total. The van der Waals surface area contributed by atoms with Crippen molar-refractivity contribution in [3.8, 4) is 12.3 Å². The average molecular weight is 234 g/mol. The van der Waals surface area contributed by atoms with E-state index in [1.165, 1.54) is 0 Å². The van der Waals surface area contributed by atoms with Crippen molar-refractivity contribution < 1.29 is 13.2 Å². The van der Waals surface area contributed by atoms with Crippen LogP contribution in [0.2, 0.25) is 0 Å². The second-order valence-corrected chi connectivity index (χ2v) is 3.72. The highest BCUT2D eigenvalue weighted by Crippen LogP contribution is 2.33. The molecule has 0 atom stereocenters. The molecular weight excluding hydrogens is 227 g/mol. The van der Waals surface area contributed by atoms with Crippen molar-refractivity contribution in [1.82, 2.24) is 4.57 Å². The third-order valence-electron chi connectivity index (χ3n) is 1.71. The van der Waals surface area contributed by atoms with Crippen molar-refractivity contribution in [3.05, 3.63) is 27.2 Å². The topological polar surface area (TPSA) is 22.0 Å². The van der Waals surface area contributed by atoms with Crippen LogP contribution in [0.15, 0.2) is 4.79 Å². The van der Waals surface area contributed by atoms with Crippen LogP contribution in [0.25, 0.3) is 0 Å². The van der Waals surface area contributed by atoms with Gasteiger partial charge in [-0.2, -0.15) is 13.2 Å². The third kappa shape index (κ3) is 2.23. The molecule has 0 saturated carbocycles. The lowest BCUT2D eigenvalue weighted by atomic mass is 10.3. The summed E-state index contributed by atoms with van der Waals surface area (Å²) in [6.07, 6.45) is 0.261. The van der Waals surface area contributed by atoms with Crippen LogP contribution in [0, 0.1) is 19.3 Å². The van der Waals surface area contributed by atoms with E-state index in [9.17, 15) is 18.0 Å². The summed E-state index contributed by atoms with van der Waals surface area (Å²) in [5.41, 5.74) is -0.967. The Hall–Kier alpha value is -1.22. The molecule has 0 unspecified atom stereocenters. The summed E-state index contributed by atoms with van der Waals surface area (Å²) < 4.78 is 38.3. The Kier molecular flexibility index (Phi) is 3.25. The minimum Gasteiger partial charge on any atom is -0.283 e. The molecule has 15 heavy (non-hydrogen) atoms. The first-order valence-electron chi connectivity index (χ1n) is 3.94. The number of aromatic nitrogens is 1. The van der Waals surface area contributed by atoms with E-state index < -0.39 is 16.7 Å². The Morgan fingerprint density at radius 3 is 2.53 bits per heavy atom. The predicted octanol–water partition coefficient (Wildman–Crippen LogP) is 1.94. The molecule has 6 heteroatoms. The van der Waals surface area contributed by atoms with E-state index in [2.05, 4.69) is 6.92 Å². The summed E-state index contributed by atoms with van der Waals surface area (Å²) >= 11 is 0.537. The average Bonchev–Trinajstić information content (AvgIpc) is 2.43. The highest BCUT2D eigenvalue weighted by atomic mass is 32.1. The zero-order chi connectivity index (χ0) is 11.6. The lowest BCUT2D eigenvalue weighted by Gasteiger charge is -2.09. The van der Waals surface area contributed by atoms with E-state index >= 15 is 0 Å². The van der Waals surface area contributed by atoms with Crippen LogP contribution >= 0.6 is 11.3 Å². The van der Waals surface area contributed by atoms with Crippen LogP contribution in [-0.4, -0.2) is 4.57 Å². The van der Waals surface area contributed by atoms with Crippen LogP contribution < -0.4 is 4.87 Å². The van der Waals surface area contributed by atoms with Crippen LogP contribution in [0.5, 0.6) is 0 Å². The van der Waals surface area contributed by atoms with E-state index in [0.29, 0.717) is 15.9 Å². The van der Waals surface area contributed by atoms with Gasteiger partial charge in [0.2, 0.25) is 0 Å². The van der Waals surface area contributed by atoms with E-state index in [0.717, 1.165) is 0 Å². The Balaban J connectivity index is 3.44. The Morgan fingerprint density at radius 1 is 1.53 bits per heavy atom. The first-order valence-corrected chi connectivity index (χ1v) is 4.76. The smallest absolute Gasteiger partial charge is 0.283 e. The minimum absolute atomic E-state index is 0.0771. The molecule has 0 amide bonds. The molecule has 1 rings (SSSR count). The van der Waals surface area contributed by atoms with Gasteiger partial charge in [-0.3, -0.25) is 9.36 Å². The van der Waals surface area contributed by atoms with Crippen molar-refractivity contribution in [3.63, 3.8) is 0 Å². The second-order valence-electron chi connectivity index (χ2n) is 2.68. The zero-order valence-corrected chi connectivity index (χ0v) is 8.41. The van der Waals surface area contributed by atoms with Gasteiger partial charge in [0.05, 0.1) is 6.54 Å². The molecule has 0 aliphatic rings. The normalized spacial score (nSPS) is 11.4. The van der Waals surface area contributed by atoms with Gasteiger partial charge in [-0.15, -0.1) is 6.42 Å². The maximum absolute atomic E-state index is 12.6. The minimum atomic E-state index is -4.57. The number of nitrogens with zero attached hydrogens (tertiary/aromatic N) is 1. The van der Waals surface area contributed by atoms with Gasteiger partial charge in [-0.25, -0.2) is 0 Å². The first kappa shape index (κ1) is 11.9. The maximum Gasteiger partial charge on any atom is 0.432 e. The summed E-state index contributed by atoms with van der Waals surface area (Å²) in [5, 5.41) is 0. The molecule has 0 spiro atoms. The summed E-state index contributed by atoms with van der Waals surface area (Å²) in [6.45, 7) is 2.98. The van der Waals surface area contributed by atoms with Gasteiger partial charge < -0.3 is 0 Å². The quantitative estimate of drug-likeness (QED) is 0.717. The van der Waals surface area contributed by atoms with Gasteiger partial charge in [0.1, 0.15) is 5.69 Å². The maximum atomic E-state index is 12.6. The fourth-order valence-electron chi connectivity index (χ4n) is 1.17. The van der Waals surface area contributed by atoms with Gasteiger partial charge in [0, 0.05) is 4.88 Å². The van der Waals surface area contributed by atoms with E-state index in [-0.39, 0.29) is 17.8 Å². The highest BCUT2D eigenvalue weighted by Gasteiger charge is 2.38. The second kappa shape index (κ2) is 4.11. The summed E-state index contributed by atoms with van der Waals surface area (Å²) in [7, 11) is 0. The monoisotopic (exact) mass is 234 g/mol. The van der Waals surface area contributed by atoms with Crippen LogP contribution in [-0.2, 0) is 19.1 Å². The van der Waals surface area contributed by atoms with Gasteiger partial charge in [0.15, 0.2) is 0 Å². The molecule has 1 heterocycles. The fourth-order valence-corrected chi connectivity index (χ4v) is 2.07. The van der Waals surface area contributed by atoms with Gasteiger partial charge in [-0.1, -0.05) is 17.3 Å². The number of hydrogen-bond donors (Lipinski definition) is 0. The molecule has 0 saturated heterocycles. The molecule has 1 aromatic rings. The Morgan fingerprint density at radius 2 is 2.13 bits per heavy atom. The molecule has 81 valence electrons. The van der Waals surface area contributed by atoms with Crippen LogP contribution in [0.4, 0.5) is 13.2 Å². The molecule has 0 aliphatic carbocycles. The van der Waals surface area contributed by atoms with Gasteiger partial charge in [0.25, 0.3) is 0 Å². The van der Waals surface area contributed by atoms with Gasteiger partial charge in [-0.05, 0) is 13.3 Å². The molecule has 0 aromatic carbocycles. The van der Waals surface area contributed by atoms with Crippen LogP contribution in [0.1, 0.15) is 10.6 Å². The molecule has 1 radical (unpaired) electrons. The van der Waals surface area contributed by atoms with E-state index in [1.54, 1.807) is 0 Å². The van der Waals surface area contributed by atoms with Crippen molar-refractivity contribution in [1.29, 1.82) is 0 Å². The van der Waals surface area contributed by atoms with E-state index in [4.69, 9.17) is 6.42 Å². The lowest BCUT2D eigenvalue weighted by Crippen LogP contribution is -2.21. The molecule has 0 fully saturated rings. The fraction of sp³-hybridized carbons (Fsp3) is 0.333. The number of halogens is 3. The summed E-state index contributed by atoms with van der Waals surface area (Å²) in [6, 6.07) is 0. The van der Waals surface area contributed by atoms with Crippen molar-refractivity contribution in [2.24, 2.45) is 0 Å². The van der Waals surface area contributed by atoms with Crippen LogP contribution in [0.3, 0.4) is 0 Å². The molecule has 0 aliphatic heterocycles. The van der Waals surface area contributed by atoms with Crippen molar-refractivity contribution in [2.45, 2.75) is 19.1 Å². The molecule has 0 N–H and O–H groups in total. The van der Waals surface area contributed by atoms with Crippen molar-refractivity contribution >= 4 is 11.3 Å². The Labute approximate surface area is 88.3 Å². The largest absolute Gasteiger partial charge is 0.432 e. The lowest BCUT2D eigenvalue weighted by molar-refractivity contribution is -0.143. The van der Waals surface area contributed by atoms with Crippen molar-refractivity contribution in [2.75, 3.05) is 0 Å². The van der Waals surface area contributed by atoms with Gasteiger partial charge >= 0.3 is 11.0 Å². The SMILES string of the molecule is C#CCn1c(C(F)(F)F)c(C[CH2])sc1=O. The summed E-state index contributed by atoms with van der Waals surface area (Å²) in [4.78, 5) is 10.4.